The molecule has 0 spiro atoms. The fourth-order valence-corrected chi connectivity index (χ4v) is 2.64. The molecule has 0 bridgehead atoms. The number of hydrogen-bond donors (Lipinski definition) is 0. The van der Waals surface area contributed by atoms with Crippen molar-refractivity contribution in [1.82, 2.24) is 0 Å². The van der Waals surface area contributed by atoms with E-state index in [1.165, 1.54) is 0 Å². The number of Topliss-reactive ketones (excluding diaryl/α,β-unsaturated/α-hetero) is 1. The molecule has 1 aliphatic rings. The summed E-state index contributed by atoms with van der Waals surface area (Å²) in [7, 11) is 0. The first-order chi connectivity index (χ1) is 8.66. The lowest BCUT2D eigenvalue weighted by Gasteiger charge is -2.21. The topological polar surface area (TPSA) is 35.5 Å². The number of rotatable bonds is 4. The molecule has 0 aromatic heterocycles. The number of benzene rings is 1. The van der Waals surface area contributed by atoms with Gasteiger partial charge >= 0.3 is 0 Å². The van der Waals surface area contributed by atoms with Crippen LogP contribution < -0.4 is 4.74 Å². The van der Waals surface area contributed by atoms with E-state index in [1.54, 1.807) is 11.8 Å². The highest BCUT2D eigenvalue weighted by Gasteiger charge is 2.23. The van der Waals surface area contributed by atoms with E-state index in [1.807, 2.05) is 38.1 Å². The maximum Gasteiger partial charge on any atom is 0.192 e. The Labute approximate surface area is 112 Å². The van der Waals surface area contributed by atoms with Crippen molar-refractivity contribution in [2.24, 2.45) is 0 Å². The Morgan fingerprint density at radius 2 is 2.11 bits per heavy atom. The van der Waals surface area contributed by atoms with Crippen LogP contribution in [0, 0.1) is 0 Å². The molecule has 1 unspecified atom stereocenters. The molecule has 1 heterocycles. The van der Waals surface area contributed by atoms with Crippen molar-refractivity contribution >= 4 is 17.5 Å². The summed E-state index contributed by atoms with van der Waals surface area (Å²) in [5, 5.41) is 0. The maximum atomic E-state index is 12.2. The molecule has 1 aromatic rings. The van der Waals surface area contributed by atoms with E-state index in [9.17, 15) is 4.79 Å². The molecule has 0 radical (unpaired) electrons. The van der Waals surface area contributed by atoms with Crippen LogP contribution in [-0.2, 0) is 4.74 Å². The van der Waals surface area contributed by atoms with Gasteiger partial charge in [-0.1, -0.05) is 0 Å². The predicted molar refractivity (Wildman–Crippen MR) is 73.6 cm³/mol. The lowest BCUT2D eigenvalue weighted by molar-refractivity contribution is 0.0519. The van der Waals surface area contributed by atoms with Gasteiger partial charge in [-0.2, -0.15) is 11.8 Å². The molecular weight excluding hydrogens is 248 g/mol. The summed E-state index contributed by atoms with van der Waals surface area (Å²) in [5.41, 5.74) is 0.693. The second kappa shape index (κ2) is 6.25. The average Bonchev–Trinajstić information content (AvgIpc) is 2.39. The predicted octanol–water partition coefficient (Wildman–Crippen LogP) is 2.79. The van der Waals surface area contributed by atoms with Gasteiger partial charge in [0.2, 0.25) is 0 Å². The normalized spacial score (nSPS) is 19.8. The second-order valence-corrected chi connectivity index (χ2v) is 5.64. The molecule has 98 valence electrons. The summed E-state index contributed by atoms with van der Waals surface area (Å²) in [4.78, 5) is 12.2. The molecule has 4 heteroatoms. The smallest absolute Gasteiger partial charge is 0.192 e. The Hall–Kier alpha value is -1.00. The van der Waals surface area contributed by atoms with Gasteiger partial charge in [0.15, 0.2) is 5.78 Å². The van der Waals surface area contributed by atoms with E-state index >= 15 is 0 Å². The molecule has 1 fully saturated rings. The first-order valence-corrected chi connectivity index (χ1v) is 7.32. The van der Waals surface area contributed by atoms with Crippen molar-refractivity contribution in [3.8, 4) is 5.75 Å². The van der Waals surface area contributed by atoms with Crippen molar-refractivity contribution in [2.45, 2.75) is 26.1 Å². The van der Waals surface area contributed by atoms with Gasteiger partial charge in [0, 0.05) is 17.1 Å². The zero-order valence-corrected chi connectivity index (χ0v) is 11.5. The fourth-order valence-electron chi connectivity index (χ4n) is 1.79. The summed E-state index contributed by atoms with van der Waals surface area (Å²) in [6.45, 7) is 4.62. The third kappa shape index (κ3) is 3.50. The van der Waals surface area contributed by atoms with Gasteiger partial charge < -0.3 is 9.47 Å². The largest absolute Gasteiger partial charge is 0.491 e. The van der Waals surface area contributed by atoms with Crippen LogP contribution in [0.15, 0.2) is 24.3 Å². The third-order valence-corrected chi connectivity index (χ3v) is 3.61. The van der Waals surface area contributed by atoms with Gasteiger partial charge in [-0.25, -0.2) is 0 Å². The quantitative estimate of drug-likeness (QED) is 0.785. The Balaban J connectivity index is 2.02. The molecule has 18 heavy (non-hydrogen) atoms. The highest BCUT2D eigenvalue weighted by molar-refractivity contribution is 7.99. The Morgan fingerprint density at radius 1 is 1.39 bits per heavy atom. The van der Waals surface area contributed by atoms with Crippen LogP contribution in [0.4, 0.5) is 0 Å². The zero-order valence-electron chi connectivity index (χ0n) is 10.7. The monoisotopic (exact) mass is 266 g/mol. The van der Waals surface area contributed by atoms with Crippen molar-refractivity contribution in [2.75, 3.05) is 18.1 Å². The van der Waals surface area contributed by atoms with Gasteiger partial charge in [0.05, 0.1) is 12.7 Å². The summed E-state index contributed by atoms with van der Waals surface area (Å²) < 4.78 is 11.0. The van der Waals surface area contributed by atoms with Gasteiger partial charge in [0.1, 0.15) is 11.9 Å². The van der Waals surface area contributed by atoms with Gasteiger partial charge in [-0.15, -0.1) is 0 Å². The number of carbonyl (C=O) groups is 1. The summed E-state index contributed by atoms with van der Waals surface area (Å²) in [6.07, 6.45) is -0.148. The molecule has 1 aromatic carbocycles. The zero-order chi connectivity index (χ0) is 13.0. The molecule has 0 N–H and O–H groups in total. The molecule has 0 saturated carbocycles. The Kier molecular flexibility index (Phi) is 4.66. The molecular formula is C14H18O3S. The fraction of sp³-hybridized carbons (Fsp3) is 0.500. The SMILES string of the molecule is CC(C)Oc1ccc(C(=O)C2CSCCO2)cc1. The van der Waals surface area contributed by atoms with Crippen LogP contribution in [0.25, 0.3) is 0 Å². The minimum atomic E-state index is -0.291. The highest BCUT2D eigenvalue weighted by Crippen LogP contribution is 2.19. The summed E-state index contributed by atoms with van der Waals surface area (Å²) >= 11 is 1.77. The Bertz CT molecular complexity index is 394. The second-order valence-electron chi connectivity index (χ2n) is 4.49. The standard InChI is InChI=1S/C14H18O3S/c1-10(2)17-12-5-3-11(4-6-12)14(15)13-9-18-8-7-16-13/h3-6,10,13H,7-9H2,1-2H3. The van der Waals surface area contributed by atoms with Gasteiger partial charge in [-0.05, 0) is 38.1 Å². The van der Waals surface area contributed by atoms with E-state index in [4.69, 9.17) is 9.47 Å². The van der Waals surface area contributed by atoms with E-state index < -0.39 is 0 Å². The van der Waals surface area contributed by atoms with E-state index in [0.29, 0.717) is 12.2 Å². The van der Waals surface area contributed by atoms with Crippen LogP contribution in [0.1, 0.15) is 24.2 Å². The van der Waals surface area contributed by atoms with Crippen molar-refractivity contribution in [3.05, 3.63) is 29.8 Å². The minimum absolute atomic E-state index is 0.0679. The first-order valence-electron chi connectivity index (χ1n) is 6.17. The van der Waals surface area contributed by atoms with Gasteiger partial charge in [-0.3, -0.25) is 4.79 Å². The molecule has 1 saturated heterocycles. The number of carbonyl (C=O) groups excluding carboxylic acids is 1. The van der Waals surface area contributed by atoms with Crippen LogP contribution in [0.2, 0.25) is 0 Å². The number of hydrogen-bond acceptors (Lipinski definition) is 4. The van der Waals surface area contributed by atoms with E-state index in [0.717, 1.165) is 17.3 Å². The lowest BCUT2D eigenvalue weighted by Crippen LogP contribution is -2.31. The number of ether oxygens (including phenoxy) is 2. The van der Waals surface area contributed by atoms with Crippen molar-refractivity contribution < 1.29 is 14.3 Å². The molecule has 2 rings (SSSR count). The van der Waals surface area contributed by atoms with E-state index in [-0.39, 0.29) is 18.0 Å². The van der Waals surface area contributed by atoms with Crippen LogP contribution >= 0.6 is 11.8 Å². The minimum Gasteiger partial charge on any atom is -0.491 e. The number of thioether (sulfide) groups is 1. The molecule has 1 aliphatic heterocycles. The van der Waals surface area contributed by atoms with Crippen molar-refractivity contribution in [3.63, 3.8) is 0 Å². The number of ketones is 1. The molecule has 3 nitrogen and oxygen atoms in total. The van der Waals surface area contributed by atoms with E-state index in [2.05, 4.69) is 0 Å². The summed E-state index contributed by atoms with van der Waals surface area (Å²) in [6, 6.07) is 7.29. The third-order valence-electron chi connectivity index (χ3n) is 2.62. The molecule has 1 atom stereocenters. The maximum absolute atomic E-state index is 12.2. The lowest BCUT2D eigenvalue weighted by atomic mass is 10.1. The van der Waals surface area contributed by atoms with Crippen LogP contribution in [0.3, 0.4) is 0 Å². The Morgan fingerprint density at radius 3 is 2.67 bits per heavy atom. The first kappa shape index (κ1) is 13.4. The molecule has 0 aliphatic carbocycles. The van der Waals surface area contributed by atoms with Crippen LogP contribution in [0.5, 0.6) is 5.75 Å². The highest BCUT2D eigenvalue weighted by atomic mass is 32.2. The molecule has 0 amide bonds. The van der Waals surface area contributed by atoms with Crippen molar-refractivity contribution in [1.29, 1.82) is 0 Å². The van der Waals surface area contributed by atoms with Gasteiger partial charge in [0.25, 0.3) is 0 Å². The summed E-state index contributed by atoms with van der Waals surface area (Å²) in [5.74, 6) is 2.59. The van der Waals surface area contributed by atoms with Crippen LogP contribution in [-0.4, -0.2) is 36.1 Å². The average molecular weight is 266 g/mol.